The smallest absolute Gasteiger partial charge is 0.278 e. The Labute approximate surface area is 175 Å². The molecule has 2 N–H and O–H groups in total. The monoisotopic (exact) mass is 416 g/mol. The Balaban J connectivity index is 0.00000205. The van der Waals surface area contributed by atoms with Gasteiger partial charge in [-0.2, -0.15) is 10.1 Å². The zero-order valence-electron chi connectivity index (χ0n) is 16.1. The van der Waals surface area contributed by atoms with Crippen molar-refractivity contribution in [1.82, 2.24) is 30.6 Å². The summed E-state index contributed by atoms with van der Waals surface area (Å²) in [5, 5.41) is 15.0. The molecule has 2 aromatic heterocycles. The van der Waals surface area contributed by atoms with Crippen molar-refractivity contribution in [2.24, 2.45) is 0 Å². The number of benzene rings is 1. The van der Waals surface area contributed by atoms with Crippen LogP contribution >= 0.6 is 12.4 Å². The van der Waals surface area contributed by atoms with Crippen LogP contribution in [0.1, 0.15) is 23.6 Å². The van der Waals surface area contributed by atoms with Gasteiger partial charge in [-0.05, 0) is 24.6 Å². The molecular weight excluding hydrogens is 392 g/mol. The van der Waals surface area contributed by atoms with Crippen LogP contribution < -0.4 is 5.32 Å². The van der Waals surface area contributed by atoms with Crippen LogP contribution in [-0.2, 0) is 11.3 Å². The molecule has 3 aromatic rings. The lowest BCUT2D eigenvalue weighted by atomic mass is 10.1. The molecule has 2 aliphatic rings. The van der Waals surface area contributed by atoms with E-state index >= 15 is 0 Å². The van der Waals surface area contributed by atoms with Gasteiger partial charge >= 0.3 is 0 Å². The third kappa shape index (κ3) is 4.51. The number of hydrogen-bond acceptors (Lipinski definition) is 7. The normalized spacial score (nSPS) is 19.9. The highest BCUT2D eigenvalue weighted by atomic mass is 35.5. The molecule has 154 valence electrons. The van der Waals surface area contributed by atoms with Crippen LogP contribution in [-0.4, -0.2) is 64.6 Å². The number of rotatable bonds is 5. The van der Waals surface area contributed by atoms with Crippen molar-refractivity contribution in [1.29, 1.82) is 0 Å². The highest BCUT2D eigenvalue weighted by molar-refractivity contribution is 5.85. The lowest BCUT2D eigenvalue weighted by Crippen LogP contribution is -2.35. The maximum atomic E-state index is 5.45. The molecule has 0 spiro atoms. The third-order valence-electron chi connectivity index (χ3n) is 5.46. The van der Waals surface area contributed by atoms with Crippen LogP contribution in [0.3, 0.4) is 0 Å². The average molecular weight is 417 g/mol. The largest absolute Gasteiger partial charge is 0.379 e. The van der Waals surface area contributed by atoms with E-state index in [9.17, 15) is 0 Å². The first-order valence-electron chi connectivity index (χ1n) is 9.85. The lowest BCUT2D eigenvalue weighted by Gasteiger charge is -2.26. The molecule has 0 amide bonds. The fourth-order valence-corrected chi connectivity index (χ4v) is 3.80. The predicted molar refractivity (Wildman–Crippen MR) is 111 cm³/mol. The summed E-state index contributed by atoms with van der Waals surface area (Å²) in [6, 6.07) is 10.4. The van der Waals surface area contributed by atoms with E-state index < -0.39 is 0 Å². The van der Waals surface area contributed by atoms with Crippen molar-refractivity contribution in [3.05, 3.63) is 41.6 Å². The molecule has 0 radical (unpaired) electrons. The van der Waals surface area contributed by atoms with E-state index in [1.807, 2.05) is 18.2 Å². The van der Waals surface area contributed by atoms with Crippen LogP contribution in [0.5, 0.6) is 0 Å². The zero-order valence-corrected chi connectivity index (χ0v) is 17.0. The van der Waals surface area contributed by atoms with Gasteiger partial charge in [0.05, 0.1) is 13.2 Å². The highest BCUT2D eigenvalue weighted by Gasteiger charge is 2.21. The molecule has 0 saturated carbocycles. The maximum absolute atomic E-state index is 5.45. The van der Waals surface area contributed by atoms with E-state index in [4.69, 9.17) is 9.26 Å². The van der Waals surface area contributed by atoms with E-state index in [-0.39, 0.29) is 12.4 Å². The van der Waals surface area contributed by atoms with Gasteiger partial charge < -0.3 is 14.6 Å². The van der Waals surface area contributed by atoms with Crippen LogP contribution in [0.4, 0.5) is 0 Å². The Morgan fingerprint density at radius 3 is 2.72 bits per heavy atom. The Morgan fingerprint density at radius 2 is 1.97 bits per heavy atom. The second kappa shape index (κ2) is 9.04. The fourth-order valence-electron chi connectivity index (χ4n) is 3.80. The van der Waals surface area contributed by atoms with Crippen molar-refractivity contribution in [3.63, 3.8) is 0 Å². The molecule has 5 rings (SSSR count). The fraction of sp³-hybridized carbons (Fsp3) is 0.450. The summed E-state index contributed by atoms with van der Waals surface area (Å²) in [7, 11) is 0. The number of nitrogens with zero attached hydrogens (tertiary/aromatic N) is 4. The first kappa shape index (κ1) is 20.0. The average Bonchev–Trinajstić information content (AvgIpc) is 3.49. The molecule has 8 nitrogen and oxygen atoms in total. The molecule has 1 atom stereocenters. The van der Waals surface area contributed by atoms with Gasteiger partial charge in [0.25, 0.3) is 5.89 Å². The molecule has 2 fully saturated rings. The minimum absolute atomic E-state index is 0. The zero-order chi connectivity index (χ0) is 18.8. The summed E-state index contributed by atoms with van der Waals surface area (Å²) < 4.78 is 10.9. The van der Waals surface area contributed by atoms with E-state index in [1.165, 1.54) is 5.56 Å². The van der Waals surface area contributed by atoms with E-state index in [1.54, 1.807) is 0 Å². The van der Waals surface area contributed by atoms with Crippen molar-refractivity contribution in [2.75, 3.05) is 39.4 Å². The van der Waals surface area contributed by atoms with Crippen LogP contribution in [0.15, 0.2) is 34.9 Å². The first-order valence-corrected chi connectivity index (χ1v) is 9.85. The summed E-state index contributed by atoms with van der Waals surface area (Å²) in [6.45, 7) is 6.56. The molecule has 29 heavy (non-hydrogen) atoms. The number of aromatic amines is 1. The molecule has 1 unspecified atom stereocenters. The second-order valence-electron chi connectivity index (χ2n) is 7.41. The SMILES string of the molecule is Cl.c1cc(-c2noc(-c3cc(C4CCNC4)[nH]n3)n2)ccc1CN1CCOCC1. The van der Waals surface area contributed by atoms with Gasteiger partial charge in [-0.25, -0.2) is 0 Å². The van der Waals surface area contributed by atoms with Crippen molar-refractivity contribution in [3.8, 4) is 23.0 Å². The second-order valence-corrected chi connectivity index (χ2v) is 7.41. The summed E-state index contributed by atoms with van der Waals surface area (Å²) in [5.74, 6) is 1.50. The van der Waals surface area contributed by atoms with Gasteiger partial charge in [0, 0.05) is 43.4 Å². The van der Waals surface area contributed by atoms with Crippen molar-refractivity contribution < 1.29 is 9.26 Å². The van der Waals surface area contributed by atoms with E-state index in [0.717, 1.165) is 63.6 Å². The number of halogens is 1. The lowest BCUT2D eigenvalue weighted by molar-refractivity contribution is 0.0342. The molecule has 1 aromatic carbocycles. The molecule has 2 saturated heterocycles. The predicted octanol–water partition coefficient (Wildman–Crippen LogP) is 2.46. The summed E-state index contributed by atoms with van der Waals surface area (Å²) in [6.07, 6.45) is 1.12. The van der Waals surface area contributed by atoms with Gasteiger partial charge in [-0.15, -0.1) is 12.4 Å². The number of ether oxygens (including phenoxy) is 1. The van der Waals surface area contributed by atoms with Crippen molar-refractivity contribution in [2.45, 2.75) is 18.9 Å². The van der Waals surface area contributed by atoms with Gasteiger partial charge in [0.2, 0.25) is 5.82 Å². The summed E-state index contributed by atoms with van der Waals surface area (Å²) in [4.78, 5) is 6.94. The molecule has 2 aliphatic heterocycles. The van der Waals surface area contributed by atoms with Gasteiger partial charge in [0.1, 0.15) is 0 Å². The number of morpholine rings is 1. The molecule has 4 heterocycles. The minimum Gasteiger partial charge on any atom is -0.379 e. The number of H-pyrrole nitrogens is 1. The highest BCUT2D eigenvalue weighted by Crippen LogP contribution is 2.26. The number of hydrogen-bond donors (Lipinski definition) is 2. The Kier molecular flexibility index (Phi) is 6.25. The Morgan fingerprint density at radius 1 is 1.14 bits per heavy atom. The first-order chi connectivity index (χ1) is 13.8. The van der Waals surface area contributed by atoms with Gasteiger partial charge in [-0.1, -0.05) is 29.4 Å². The van der Waals surface area contributed by atoms with Gasteiger partial charge in [0.15, 0.2) is 5.69 Å². The Bertz CT molecular complexity index is 913. The van der Waals surface area contributed by atoms with Crippen LogP contribution in [0.2, 0.25) is 0 Å². The topological polar surface area (TPSA) is 92.1 Å². The summed E-state index contributed by atoms with van der Waals surface area (Å²) in [5.41, 5.74) is 4.03. The quantitative estimate of drug-likeness (QED) is 0.660. The van der Waals surface area contributed by atoms with Gasteiger partial charge in [-0.3, -0.25) is 10.00 Å². The van der Waals surface area contributed by atoms with E-state index in [2.05, 4.69) is 42.7 Å². The van der Waals surface area contributed by atoms with E-state index in [0.29, 0.717) is 23.3 Å². The molecule has 0 aliphatic carbocycles. The molecule has 9 heteroatoms. The van der Waals surface area contributed by atoms with Crippen LogP contribution in [0.25, 0.3) is 23.0 Å². The standard InChI is InChI=1S/C20H24N6O2.ClH/c1-3-15(4-2-14(1)13-26-7-9-27-10-8-26)19-22-20(28-25-19)18-11-17(23-24-18)16-5-6-21-12-16;/h1-4,11,16,21H,5-10,12-13H2,(H,23,24);1H. The number of nitrogens with one attached hydrogen (secondary N) is 2. The van der Waals surface area contributed by atoms with Crippen LogP contribution in [0, 0.1) is 0 Å². The Hall–Kier alpha value is -2.26. The minimum atomic E-state index is 0. The number of aromatic nitrogens is 4. The summed E-state index contributed by atoms with van der Waals surface area (Å²) >= 11 is 0. The van der Waals surface area contributed by atoms with Crippen molar-refractivity contribution >= 4 is 12.4 Å². The maximum Gasteiger partial charge on any atom is 0.278 e. The molecule has 0 bridgehead atoms. The molecular formula is C20H25ClN6O2. The third-order valence-corrected chi connectivity index (χ3v) is 5.46.